The highest BCUT2D eigenvalue weighted by Crippen LogP contribution is 2.09. The van der Waals surface area contributed by atoms with E-state index in [1.165, 1.54) is 6.08 Å². The Morgan fingerprint density at radius 3 is 3.07 bits per heavy atom. The fourth-order valence-corrected chi connectivity index (χ4v) is 1.15. The van der Waals surface area contributed by atoms with Crippen LogP contribution in [0.5, 0.6) is 0 Å². The maximum Gasteiger partial charge on any atom is 0.161 e. The van der Waals surface area contributed by atoms with Crippen molar-refractivity contribution in [2.24, 2.45) is 0 Å². The zero-order chi connectivity index (χ0) is 10.6. The second-order valence-corrected chi connectivity index (χ2v) is 3.39. The van der Waals surface area contributed by atoms with E-state index in [1.807, 2.05) is 16.9 Å². The zero-order valence-electron chi connectivity index (χ0n) is 8.73. The second kappa shape index (κ2) is 4.74. The third kappa shape index (κ3) is 2.55. The molecular weight excluding hydrogens is 176 g/mol. The Morgan fingerprint density at radius 1 is 1.79 bits per heavy atom. The van der Waals surface area contributed by atoms with Crippen LogP contribution in [0.25, 0.3) is 0 Å². The van der Waals surface area contributed by atoms with Gasteiger partial charge in [0.05, 0.1) is 12.1 Å². The zero-order valence-corrected chi connectivity index (χ0v) is 8.73. The van der Waals surface area contributed by atoms with Crippen LogP contribution in [0.3, 0.4) is 0 Å². The number of ketones is 1. The van der Waals surface area contributed by atoms with Crippen molar-refractivity contribution in [2.75, 3.05) is 0 Å². The van der Waals surface area contributed by atoms with Crippen molar-refractivity contribution in [3.8, 4) is 0 Å². The van der Waals surface area contributed by atoms with Crippen molar-refractivity contribution in [2.45, 2.75) is 32.7 Å². The summed E-state index contributed by atoms with van der Waals surface area (Å²) >= 11 is 0. The number of carbonyl (C=O) groups is 1. The SMILES string of the molecule is C=CC(=O)Cc1ccn(C(C)CC)n1. The summed E-state index contributed by atoms with van der Waals surface area (Å²) in [7, 11) is 0. The standard InChI is InChI=1S/C11H16N2O/c1-4-9(3)13-7-6-10(12-13)8-11(14)5-2/h5-7,9H,2,4,8H2,1,3H3. The van der Waals surface area contributed by atoms with Gasteiger partial charge in [0.1, 0.15) is 0 Å². The minimum Gasteiger partial charge on any atom is -0.294 e. The maximum absolute atomic E-state index is 11.1. The second-order valence-electron chi connectivity index (χ2n) is 3.39. The van der Waals surface area contributed by atoms with E-state index in [-0.39, 0.29) is 5.78 Å². The van der Waals surface area contributed by atoms with Gasteiger partial charge in [0.25, 0.3) is 0 Å². The molecule has 76 valence electrons. The van der Waals surface area contributed by atoms with Crippen LogP contribution >= 0.6 is 0 Å². The molecule has 0 saturated heterocycles. The monoisotopic (exact) mass is 192 g/mol. The highest BCUT2D eigenvalue weighted by molar-refractivity contribution is 5.90. The first-order chi connectivity index (χ1) is 6.67. The number of rotatable bonds is 5. The number of aromatic nitrogens is 2. The number of hydrogen-bond acceptors (Lipinski definition) is 2. The molecule has 0 aliphatic heterocycles. The van der Waals surface area contributed by atoms with Crippen molar-refractivity contribution < 1.29 is 4.79 Å². The summed E-state index contributed by atoms with van der Waals surface area (Å²) < 4.78 is 1.89. The number of allylic oxidation sites excluding steroid dienone is 1. The summed E-state index contributed by atoms with van der Waals surface area (Å²) in [4.78, 5) is 11.1. The molecular formula is C11H16N2O. The van der Waals surface area contributed by atoms with Crippen LogP contribution in [0.4, 0.5) is 0 Å². The summed E-state index contributed by atoms with van der Waals surface area (Å²) in [6.07, 6.45) is 4.64. The molecule has 1 unspecified atom stereocenters. The molecule has 0 aliphatic carbocycles. The Labute approximate surface area is 84.4 Å². The molecule has 0 bridgehead atoms. The Bertz CT molecular complexity index is 328. The molecule has 1 rings (SSSR count). The highest BCUT2D eigenvalue weighted by Gasteiger charge is 2.06. The van der Waals surface area contributed by atoms with Gasteiger partial charge in [0, 0.05) is 12.2 Å². The number of nitrogens with zero attached hydrogens (tertiary/aromatic N) is 2. The Morgan fingerprint density at radius 2 is 2.50 bits per heavy atom. The molecule has 1 heterocycles. The van der Waals surface area contributed by atoms with Gasteiger partial charge in [-0.1, -0.05) is 13.5 Å². The lowest BCUT2D eigenvalue weighted by atomic mass is 10.2. The molecule has 0 spiro atoms. The molecule has 0 fully saturated rings. The molecule has 0 amide bonds. The van der Waals surface area contributed by atoms with Gasteiger partial charge in [-0.05, 0) is 25.5 Å². The molecule has 1 aromatic heterocycles. The topological polar surface area (TPSA) is 34.9 Å². The lowest BCUT2D eigenvalue weighted by molar-refractivity contribution is -0.114. The van der Waals surface area contributed by atoms with E-state index >= 15 is 0 Å². The molecule has 0 N–H and O–H groups in total. The van der Waals surface area contributed by atoms with Crippen LogP contribution in [-0.4, -0.2) is 15.6 Å². The minimum absolute atomic E-state index is 0.0133. The molecule has 3 nitrogen and oxygen atoms in total. The van der Waals surface area contributed by atoms with Crippen molar-refractivity contribution in [1.82, 2.24) is 9.78 Å². The Hall–Kier alpha value is -1.38. The van der Waals surface area contributed by atoms with E-state index in [0.717, 1.165) is 12.1 Å². The lowest BCUT2D eigenvalue weighted by Gasteiger charge is -2.07. The highest BCUT2D eigenvalue weighted by atomic mass is 16.1. The first-order valence-corrected chi connectivity index (χ1v) is 4.86. The average molecular weight is 192 g/mol. The Kier molecular flexibility index (Phi) is 3.63. The number of hydrogen-bond donors (Lipinski definition) is 0. The maximum atomic E-state index is 11.1. The van der Waals surface area contributed by atoms with Gasteiger partial charge in [0.15, 0.2) is 5.78 Å². The summed E-state index contributed by atoms with van der Waals surface area (Å²) in [6, 6.07) is 2.27. The van der Waals surface area contributed by atoms with Gasteiger partial charge in [-0.3, -0.25) is 9.48 Å². The first kappa shape index (κ1) is 10.7. The fraction of sp³-hybridized carbons (Fsp3) is 0.455. The summed E-state index contributed by atoms with van der Waals surface area (Å²) in [5, 5.41) is 4.32. The largest absolute Gasteiger partial charge is 0.294 e. The predicted octanol–water partition coefficient (Wildman–Crippen LogP) is 2.15. The molecule has 0 saturated carbocycles. The molecule has 3 heteroatoms. The third-order valence-electron chi connectivity index (χ3n) is 2.29. The summed E-state index contributed by atoms with van der Waals surface area (Å²) in [5.41, 5.74) is 0.815. The van der Waals surface area contributed by atoms with E-state index in [2.05, 4.69) is 25.5 Å². The first-order valence-electron chi connectivity index (χ1n) is 4.86. The quantitative estimate of drug-likeness (QED) is 0.670. The molecule has 0 aromatic carbocycles. The molecule has 1 atom stereocenters. The molecule has 0 radical (unpaired) electrons. The molecule has 14 heavy (non-hydrogen) atoms. The average Bonchev–Trinajstić information content (AvgIpc) is 2.65. The van der Waals surface area contributed by atoms with Gasteiger partial charge in [-0.2, -0.15) is 5.10 Å². The Balaban J connectivity index is 2.68. The lowest BCUT2D eigenvalue weighted by Crippen LogP contribution is -2.06. The van der Waals surface area contributed by atoms with Crippen molar-refractivity contribution >= 4 is 5.78 Å². The van der Waals surface area contributed by atoms with Crippen LogP contribution in [0.15, 0.2) is 24.9 Å². The van der Waals surface area contributed by atoms with Gasteiger partial charge in [-0.15, -0.1) is 0 Å². The van der Waals surface area contributed by atoms with Crippen LogP contribution in [-0.2, 0) is 11.2 Å². The van der Waals surface area contributed by atoms with Crippen molar-refractivity contribution in [3.05, 3.63) is 30.6 Å². The van der Waals surface area contributed by atoms with Crippen molar-refractivity contribution in [3.63, 3.8) is 0 Å². The van der Waals surface area contributed by atoms with Gasteiger partial charge in [0.2, 0.25) is 0 Å². The third-order valence-corrected chi connectivity index (χ3v) is 2.29. The van der Waals surface area contributed by atoms with Crippen LogP contribution < -0.4 is 0 Å². The fourth-order valence-electron chi connectivity index (χ4n) is 1.15. The number of carbonyl (C=O) groups excluding carboxylic acids is 1. The van der Waals surface area contributed by atoms with Crippen LogP contribution in [0, 0.1) is 0 Å². The van der Waals surface area contributed by atoms with E-state index in [1.54, 1.807) is 0 Å². The van der Waals surface area contributed by atoms with Gasteiger partial charge < -0.3 is 0 Å². The van der Waals surface area contributed by atoms with E-state index in [9.17, 15) is 4.79 Å². The normalized spacial score (nSPS) is 12.4. The summed E-state index contributed by atoms with van der Waals surface area (Å²) in [6.45, 7) is 7.65. The van der Waals surface area contributed by atoms with Gasteiger partial charge >= 0.3 is 0 Å². The van der Waals surface area contributed by atoms with E-state index in [0.29, 0.717) is 12.5 Å². The molecule has 0 aliphatic rings. The van der Waals surface area contributed by atoms with Crippen LogP contribution in [0.2, 0.25) is 0 Å². The van der Waals surface area contributed by atoms with E-state index in [4.69, 9.17) is 0 Å². The van der Waals surface area contributed by atoms with E-state index < -0.39 is 0 Å². The van der Waals surface area contributed by atoms with Crippen molar-refractivity contribution in [1.29, 1.82) is 0 Å². The van der Waals surface area contributed by atoms with Gasteiger partial charge in [-0.25, -0.2) is 0 Å². The predicted molar refractivity (Wildman–Crippen MR) is 56.1 cm³/mol. The molecule has 1 aromatic rings. The summed E-state index contributed by atoms with van der Waals surface area (Å²) in [5.74, 6) is 0.0133. The minimum atomic E-state index is 0.0133. The van der Waals surface area contributed by atoms with Crippen LogP contribution in [0.1, 0.15) is 32.0 Å². The smallest absolute Gasteiger partial charge is 0.161 e.